The molecule has 0 spiro atoms. The van der Waals surface area contributed by atoms with E-state index in [-0.39, 0.29) is 10.8 Å². The van der Waals surface area contributed by atoms with E-state index < -0.39 is 16.1 Å². The lowest BCUT2D eigenvalue weighted by molar-refractivity contribution is -0.122. The van der Waals surface area contributed by atoms with Crippen LogP contribution in [0.25, 0.3) is 10.8 Å². The number of amides is 1. The molecule has 0 aliphatic heterocycles. The van der Waals surface area contributed by atoms with Crippen molar-refractivity contribution in [3.05, 3.63) is 96.1 Å². The highest BCUT2D eigenvalue weighted by molar-refractivity contribution is 7.92. The zero-order chi connectivity index (χ0) is 25.0. The van der Waals surface area contributed by atoms with Crippen molar-refractivity contribution in [1.82, 2.24) is 0 Å². The Labute approximate surface area is 206 Å². The van der Waals surface area contributed by atoms with E-state index in [2.05, 4.69) is 10.0 Å². The van der Waals surface area contributed by atoms with E-state index >= 15 is 0 Å². The van der Waals surface area contributed by atoms with Crippen molar-refractivity contribution < 1.29 is 17.9 Å². The Bertz CT molecular complexity index is 1460. The SMILES string of the molecule is CC[C@H](Oc1cccc2ccccc12)C(=O)Nc1ccc(S(=O)(=O)Nc2ccc(C)cc2C)cc1. The molecule has 4 rings (SSSR count). The molecular weight excluding hydrogens is 460 g/mol. The summed E-state index contributed by atoms with van der Waals surface area (Å²) in [6.45, 7) is 5.69. The number of carbonyl (C=O) groups is 1. The topological polar surface area (TPSA) is 84.5 Å². The monoisotopic (exact) mass is 488 g/mol. The number of rotatable bonds is 8. The molecule has 0 heterocycles. The van der Waals surface area contributed by atoms with Crippen LogP contribution in [0.15, 0.2) is 89.8 Å². The summed E-state index contributed by atoms with van der Waals surface area (Å²) < 4.78 is 34.3. The van der Waals surface area contributed by atoms with E-state index in [1.807, 2.05) is 75.4 Å². The molecule has 0 aliphatic rings. The second-order valence-corrected chi connectivity index (χ2v) is 10.1. The molecule has 0 unspecified atom stereocenters. The molecule has 4 aromatic rings. The van der Waals surface area contributed by atoms with Gasteiger partial charge in [0.2, 0.25) is 0 Å². The van der Waals surface area contributed by atoms with Crippen molar-refractivity contribution in [2.45, 2.75) is 38.2 Å². The highest BCUT2D eigenvalue weighted by Gasteiger charge is 2.20. The van der Waals surface area contributed by atoms with E-state index in [1.165, 1.54) is 12.1 Å². The van der Waals surface area contributed by atoms with Gasteiger partial charge in [0, 0.05) is 11.1 Å². The van der Waals surface area contributed by atoms with Gasteiger partial charge in [-0.1, -0.05) is 61.0 Å². The van der Waals surface area contributed by atoms with Crippen LogP contribution < -0.4 is 14.8 Å². The molecule has 0 saturated heterocycles. The summed E-state index contributed by atoms with van der Waals surface area (Å²) in [5.41, 5.74) is 2.92. The minimum absolute atomic E-state index is 0.106. The molecule has 6 nitrogen and oxygen atoms in total. The third-order valence-electron chi connectivity index (χ3n) is 5.74. The summed E-state index contributed by atoms with van der Waals surface area (Å²) in [6.07, 6.45) is -0.225. The quantitative estimate of drug-likeness (QED) is 0.316. The lowest BCUT2D eigenvalue weighted by Crippen LogP contribution is -2.32. The van der Waals surface area contributed by atoms with Gasteiger partial charge in [-0.15, -0.1) is 0 Å². The molecule has 0 fully saturated rings. The Balaban J connectivity index is 1.45. The van der Waals surface area contributed by atoms with E-state index in [4.69, 9.17) is 4.74 Å². The number of anilines is 2. The Kier molecular flexibility index (Phi) is 7.07. The van der Waals surface area contributed by atoms with Gasteiger partial charge in [-0.2, -0.15) is 0 Å². The maximum absolute atomic E-state index is 12.9. The first-order chi connectivity index (χ1) is 16.8. The van der Waals surface area contributed by atoms with Crippen LogP contribution in [0, 0.1) is 13.8 Å². The van der Waals surface area contributed by atoms with Crippen LogP contribution in [0.2, 0.25) is 0 Å². The van der Waals surface area contributed by atoms with Crippen molar-refractivity contribution in [1.29, 1.82) is 0 Å². The van der Waals surface area contributed by atoms with Crippen molar-refractivity contribution in [2.75, 3.05) is 10.0 Å². The standard InChI is InChI=1S/C28H28N2O4S/c1-4-26(34-27-11-7-9-21-8-5-6-10-24(21)27)28(31)29-22-13-15-23(16-14-22)35(32,33)30-25-17-12-19(2)18-20(25)3/h5-18,26,30H,4H2,1-3H3,(H,29,31)/t26-/m0/s1. The van der Waals surface area contributed by atoms with E-state index in [0.29, 0.717) is 23.5 Å². The second kappa shape index (κ2) is 10.2. The molecule has 0 bridgehead atoms. The van der Waals surface area contributed by atoms with Crippen LogP contribution in [0.4, 0.5) is 11.4 Å². The number of hydrogen-bond acceptors (Lipinski definition) is 4. The summed E-state index contributed by atoms with van der Waals surface area (Å²) in [5.74, 6) is 0.341. The van der Waals surface area contributed by atoms with E-state index in [9.17, 15) is 13.2 Å². The van der Waals surface area contributed by atoms with Crippen molar-refractivity contribution in [2.24, 2.45) is 0 Å². The van der Waals surface area contributed by atoms with Crippen molar-refractivity contribution in [3.63, 3.8) is 0 Å². The summed E-state index contributed by atoms with van der Waals surface area (Å²) in [6, 6.07) is 25.2. The normalized spacial score (nSPS) is 12.2. The molecule has 180 valence electrons. The molecule has 35 heavy (non-hydrogen) atoms. The average molecular weight is 489 g/mol. The third kappa shape index (κ3) is 5.63. The van der Waals surface area contributed by atoms with E-state index in [1.54, 1.807) is 18.2 Å². The largest absolute Gasteiger partial charge is 0.480 e. The summed E-state index contributed by atoms with van der Waals surface area (Å²) >= 11 is 0. The van der Waals surface area contributed by atoms with Crippen molar-refractivity contribution >= 4 is 38.1 Å². The third-order valence-corrected chi connectivity index (χ3v) is 7.12. The Morgan fingerprint density at radius 3 is 2.34 bits per heavy atom. The number of aryl methyl sites for hydroxylation is 2. The highest BCUT2D eigenvalue weighted by atomic mass is 32.2. The van der Waals surface area contributed by atoms with Gasteiger partial charge < -0.3 is 10.1 Å². The molecule has 1 atom stereocenters. The summed E-state index contributed by atoms with van der Waals surface area (Å²) in [4.78, 5) is 13.0. The fourth-order valence-corrected chi connectivity index (χ4v) is 4.98. The van der Waals surface area contributed by atoms with Gasteiger partial charge in [-0.3, -0.25) is 9.52 Å². The van der Waals surface area contributed by atoms with E-state index in [0.717, 1.165) is 21.9 Å². The minimum Gasteiger partial charge on any atom is -0.480 e. The van der Waals surface area contributed by atoms with Crippen LogP contribution in [0.3, 0.4) is 0 Å². The van der Waals surface area contributed by atoms with Crippen LogP contribution in [0.1, 0.15) is 24.5 Å². The van der Waals surface area contributed by atoms with Gasteiger partial charge in [0.25, 0.3) is 15.9 Å². The molecule has 0 saturated carbocycles. The minimum atomic E-state index is -3.76. The zero-order valence-electron chi connectivity index (χ0n) is 19.9. The molecule has 4 aromatic carbocycles. The molecule has 2 N–H and O–H groups in total. The van der Waals surface area contributed by atoms with Gasteiger partial charge in [-0.25, -0.2) is 8.42 Å². The second-order valence-electron chi connectivity index (χ2n) is 8.43. The molecule has 0 aliphatic carbocycles. The Hall–Kier alpha value is -3.84. The smallest absolute Gasteiger partial charge is 0.265 e. The predicted octanol–water partition coefficient (Wildman–Crippen LogP) is 6.05. The van der Waals surface area contributed by atoms with Gasteiger partial charge in [0.15, 0.2) is 6.10 Å². The van der Waals surface area contributed by atoms with Crippen LogP contribution in [-0.2, 0) is 14.8 Å². The maximum Gasteiger partial charge on any atom is 0.265 e. The molecular formula is C28H28N2O4S. The number of benzene rings is 4. The maximum atomic E-state index is 12.9. The lowest BCUT2D eigenvalue weighted by Gasteiger charge is -2.19. The molecule has 1 amide bonds. The summed E-state index contributed by atoms with van der Waals surface area (Å²) in [5, 5.41) is 4.80. The van der Waals surface area contributed by atoms with Crippen molar-refractivity contribution in [3.8, 4) is 5.75 Å². The van der Waals surface area contributed by atoms with Crippen LogP contribution in [0.5, 0.6) is 5.75 Å². The summed E-state index contributed by atoms with van der Waals surface area (Å²) in [7, 11) is -3.76. The van der Waals surface area contributed by atoms with Gasteiger partial charge in [0.05, 0.1) is 10.6 Å². The molecule has 0 radical (unpaired) electrons. The number of hydrogen-bond donors (Lipinski definition) is 2. The van der Waals surface area contributed by atoms with Gasteiger partial charge in [-0.05, 0) is 67.6 Å². The number of ether oxygens (including phenoxy) is 1. The first kappa shape index (κ1) is 24.3. The van der Waals surface area contributed by atoms with Crippen LogP contribution >= 0.6 is 0 Å². The number of carbonyl (C=O) groups excluding carboxylic acids is 1. The average Bonchev–Trinajstić information content (AvgIpc) is 2.84. The number of fused-ring (bicyclic) bond motifs is 1. The first-order valence-corrected chi connectivity index (χ1v) is 12.9. The molecule has 0 aromatic heterocycles. The van der Waals surface area contributed by atoms with Crippen LogP contribution in [-0.4, -0.2) is 20.4 Å². The fourth-order valence-electron chi connectivity index (χ4n) is 3.85. The highest BCUT2D eigenvalue weighted by Crippen LogP contribution is 2.27. The number of sulfonamides is 1. The lowest BCUT2D eigenvalue weighted by atomic mass is 10.1. The van der Waals surface area contributed by atoms with Gasteiger partial charge in [0.1, 0.15) is 5.75 Å². The zero-order valence-corrected chi connectivity index (χ0v) is 20.7. The number of nitrogens with one attached hydrogen (secondary N) is 2. The predicted molar refractivity (Wildman–Crippen MR) is 140 cm³/mol. The van der Waals surface area contributed by atoms with Gasteiger partial charge >= 0.3 is 0 Å². The Morgan fingerprint density at radius 1 is 0.914 bits per heavy atom. The first-order valence-electron chi connectivity index (χ1n) is 11.4. The fraction of sp³-hybridized carbons (Fsp3) is 0.179. The molecule has 7 heteroatoms. The Morgan fingerprint density at radius 2 is 1.63 bits per heavy atom.